The number of ketones is 1. The van der Waals surface area contributed by atoms with Crippen LogP contribution in [0.3, 0.4) is 0 Å². The SMILES string of the molecule is CCc1cc(C)c(C(C)=O)c(CC)c1. The van der Waals surface area contributed by atoms with Crippen molar-refractivity contribution in [2.45, 2.75) is 40.5 Å². The molecule has 0 aliphatic rings. The fraction of sp³-hybridized carbons (Fsp3) is 0.462. The van der Waals surface area contributed by atoms with Gasteiger partial charge in [-0.2, -0.15) is 0 Å². The molecule has 0 bridgehead atoms. The van der Waals surface area contributed by atoms with E-state index in [2.05, 4.69) is 26.0 Å². The molecule has 0 radical (unpaired) electrons. The van der Waals surface area contributed by atoms with Crippen molar-refractivity contribution in [1.82, 2.24) is 0 Å². The van der Waals surface area contributed by atoms with Crippen LogP contribution in [0.15, 0.2) is 12.1 Å². The van der Waals surface area contributed by atoms with Gasteiger partial charge in [-0.3, -0.25) is 4.79 Å². The molecular formula is C13H18O. The summed E-state index contributed by atoms with van der Waals surface area (Å²) in [4.78, 5) is 11.4. The second kappa shape index (κ2) is 4.41. The monoisotopic (exact) mass is 190 g/mol. The molecule has 0 aromatic heterocycles. The van der Waals surface area contributed by atoms with E-state index in [1.807, 2.05) is 6.92 Å². The van der Waals surface area contributed by atoms with Gasteiger partial charge < -0.3 is 0 Å². The zero-order valence-electron chi connectivity index (χ0n) is 9.48. The van der Waals surface area contributed by atoms with E-state index in [0.717, 1.165) is 24.0 Å². The molecule has 0 unspecified atom stereocenters. The standard InChI is InChI=1S/C13H18O/c1-5-11-7-9(3)13(10(4)14)12(6-2)8-11/h7-8H,5-6H2,1-4H3. The van der Waals surface area contributed by atoms with Gasteiger partial charge in [-0.05, 0) is 43.4 Å². The third kappa shape index (κ3) is 2.03. The smallest absolute Gasteiger partial charge is 0.160 e. The maximum atomic E-state index is 11.4. The van der Waals surface area contributed by atoms with Crippen LogP contribution in [0.4, 0.5) is 0 Å². The van der Waals surface area contributed by atoms with Crippen LogP contribution in [0.5, 0.6) is 0 Å². The summed E-state index contributed by atoms with van der Waals surface area (Å²) in [6.45, 7) is 7.91. The van der Waals surface area contributed by atoms with Gasteiger partial charge in [0.25, 0.3) is 0 Å². The molecule has 0 atom stereocenters. The first-order valence-corrected chi connectivity index (χ1v) is 5.23. The van der Waals surface area contributed by atoms with E-state index in [-0.39, 0.29) is 5.78 Å². The molecule has 1 heteroatoms. The molecule has 0 saturated heterocycles. The number of carbonyl (C=O) groups excluding carboxylic acids is 1. The van der Waals surface area contributed by atoms with Gasteiger partial charge in [0.15, 0.2) is 5.78 Å². The fourth-order valence-corrected chi connectivity index (χ4v) is 1.93. The van der Waals surface area contributed by atoms with Crippen LogP contribution in [0.25, 0.3) is 0 Å². The molecular weight excluding hydrogens is 172 g/mol. The lowest BCUT2D eigenvalue weighted by atomic mass is 9.94. The molecule has 0 spiro atoms. The predicted molar refractivity (Wildman–Crippen MR) is 59.9 cm³/mol. The van der Waals surface area contributed by atoms with Gasteiger partial charge in [0, 0.05) is 5.56 Å². The summed E-state index contributed by atoms with van der Waals surface area (Å²) >= 11 is 0. The van der Waals surface area contributed by atoms with Gasteiger partial charge in [0.05, 0.1) is 0 Å². The lowest BCUT2D eigenvalue weighted by molar-refractivity contribution is 0.101. The van der Waals surface area contributed by atoms with Crippen LogP contribution >= 0.6 is 0 Å². The van der Waals surface area contributed by atoms with E-state index in [0.29, 0.717) is 0 Å². The van der Waals surface area contributed by atoms with E-state index in [4.69, 9.17) is 0 Å². The highest BCUT2D eigenvalue weighted by Crippen LogP contribution is 2.19. The molecule has 1 nitrogen and oxygen atoms in total. The Balaban J connectivity index is 3.34. The fourth-order valence-electron chi connectivity index (χ4n) is 1.93. The number of Topliss-reactive ketones (excluding diaryl/α,β-unsaturated/α-hetero) is 1. The molecule has 1 aromatic rings. The normalized spacial score (nSPS) is 10.3. The lowest BCUT2D eigenvalue weighted by Gasteiger charge is -2.10. The number of hydrogen-bond acceptors (Lipinski definition) is 1. The van der Waals surface area contributed by atoms with Crippen LogP contribution in [0, 0.1) is 6.92 Å². The number of carbonyl (C=O) groups is 1. The van der Waals surface area contributed by atoms with E-state index in [1.54, 1.807) is 6.92 Å². The Bertz CT molecular complexity index is 350. The van der Waals surface area contributed by atoms with Crippen LogP contribution < -0.4 is 0 Å². The third-order valence-corrected chi connectivity index (χ3v) is 2.62. The Labute approximate surface area is 86.1 Å². The molecule has 0 N–H and O–H groups in total. The molecule has 0 aliphatic heterocycles. The Kier molecular flexibility index (Phi) is 3.45. The summed E-state index contributed by atoms with van der Waals surface area (Å²) in [5.41, 5.74) is 4.55. The number of rotatable bonds is 3. The first-order chi connectivity index (χ1) is 6.60. The summed E-state index contributed by atoms with van der Waals surface area (Å²) in [5.74, 6) is 0.182. The van der Waals surface area contributed by atoms with E-state index in [9.17, 15) is 4.79 Å². The average molecular weight is 190 g/mol. The number of aryl methyl sites for hydroxylation is 3. The van der Waals surface area contributed by atoms with Crippen molar-refractivity contribution in [2.24, 2.45) is 0 Å². The van der Waals surface area contributed by atoms with Crippen molar-refractivity contribution in [1.29, 1.82) is 0 Å². The molecule has 1 aromatic carbocycles. The van der Waals surface area contributed by atoms with E-state index >= 15 is 0 Å². The Morgan fingerprint density at radius 3 is 2.29 bits per heavy atom. The highest BCUT2D eigenvalue weighted by Gasteiger charge is 2.10. The van der Waals surface area contributed by atoms with Crippen molar-refractivity contribution in [3.63, 3.8) is 0 Å². The van der Waals surface area contributed by atoms with Gasteiger partial charge in [-0.1, -0.05) is 26.0 Å². The Hall–Kier alpha value is -1.11. The van der Waals surface area contributed by atoms with Gasteiger partial charge in [0.1, 0.15) is 0 Å². The maximum absolute atomic E-state index is 11.4. The molecule has 0 amide bonds. The van der Waals surface area contributed by atoms with Gasteiger partial charge in [0.2, 0.25) is 0 Å². The van der Waals surface area contributed by atoms with Crippen molar-refractivity contribution in [3.8, 4) is 0 Å². The third-order valence-electron chi connectivity index (χ3n) is 2.62. The largest absolute Gasteiger partial charge is 0.294 e. The summed E-state index contributed by atoms with van der Waals surface area (Å²) in [7, 11) is 0. The van der Waals surface area contributed by atoms with Crippen molar-refractivity contribution >= 4 is 5.78 Å². The topological polar surface area (TPSA) is 17.1 Å². The summed E-state index contributed by atoms with van der Waals surface area (Å²) in [6.07, 6.45) is 1.97. The molecule has 0 aliphatic carbocycles. The van der Waals surface area contributed by atoms with Gasteiger partial charge in [-0.15, -0.1) is 0 Å². The summed E-state index contributed by atoms with van der Waals surface area (Å²) in [6, 6.07) is 4.28. The summed E-state index contributed by atoms with van der Waals surface area (Å²) < 4.78 is 0. The minimum absolute atomic E-state index is 0.182. The number of hydrogen-bond donors (Lipinski definition) is 0. The zero-order valence-corrected chi connectivity index (χ0v) is 9.48. The molecule has 0 fully saturated rings. The van der Waals surface area contributed by atoms with Crippen LogP contribution in [0.1, 0.15) is 47.8 Å². The molecule has 0 heterocycles. The quantitative estimate of drug-likeness (QED) is 0.668. The van der Waals surface area contributed by atoms with Crippen LogP contribution in [0.2, 0.25) is 0 Å². The molecule has 76 valence electrons. The van der Waals surface area contributed by atoms with Gasteiger partial charge in [-0.25, -0.2) is 0 Å². The lowest BCUT2D eigenvalue weighted by Crippen LogP contribution is -2.03. The minimum atomic E-state index is 0.182. The predicted octanol–water partition coefficient (Wildman–Crippen LogP) is 3.32. The Morgan fingerprint density at radius 1 is 1.21 bits per heavy atom. The average Bonchev–Trinajstić information content (AvgIpc) is 2.15. The van der Waals surface area contributed by atoms with E-state index < -0.39 is 0 Å². The van der Waals surface area contributed by atoms with Crippen molar-refractivity contribution < 1.29 is 4.79 Å². The molecule has 1 rings (SSSR count). The summed E-state index contributed by atoms with van der Waals surface area (Å²) in [5, 5.41) is 0. The second-order valence-corrected chi connectivity index (χ2v) is 3.71. The van der Waals surface area contributed by atoms with Crippen LogP contribution in [-0.4, -0.2) is 5.78 Å². The molecule has 14 heavy (non-hydrogen) atoms. The maximum Gasteiger partial charge on any atom is 0.160 e. The van der Waals surface area contributed by atoms with Crippen LogP contribution in [-0.2, 0) is 12.8 Å². The van der Waals surface area contributed by atoms with E-state index in [1.165, 1.54) is 11.1 Å². The number of benzene rings is 1. The zero-order chi connectivity index (χ0) is 10.7. The molecule has 0 saturated carbocycles. The van der Waals surface area contributed by atoms with Crippen molar-refractivity contribution in [2.75, 3.05) is 0 Å². The first kappa shape index (κ1) is 11.0. The Morgan fingerprint density at radius 2 is 1.86 bits per heavy atom. The first-order valence-electron chi connectivity index (χ1n) is 5.23. The van der Waals surface area contributed by atoms with Gasteiger partial charge >= 0.3 is 0 Å². The second-order valence-electron chi connectivity index (χ2n) is 3.71. The highest BCUT2D eigenvalue weighted by molar-refractivity contribution is 5.97. The highest BCUT2D eigenvalue weighted by atomic mass is 16.1. The minimum Gasteiger partial charge on any atom is -0.294 e. The van der Waals surface area contributed by atoms with Crippen molar-refractivity contribution in [3.05, 3.63) is 34.4 Å².